The summed E-state index contributed by atoms with van der Waals surface area (Å²) in [5.74, 6) is 2.32. The molecule has 0 saturated heterocycles. The Balaban J connectivity index is 1.47. The van der Waals surface area contributed by atoms with Crippen LogP contribution in [0, 0.1) is 0 Å². The highest BCUT2D eigenvalue weighted by Gasteiger charge is 2.23. The van der Waals surface area contributed by atoms with Crippen LogP contribution >= 0.6 is 0 Å². The fourth-order valence-corrected chi connectivity index (χ4v) is 4.14. The molecular weight excluding hydrogens is 388 g/mol. The van der Waals surface area contributed by atoms with Gasteiger partial charge in [0.15, 0.2) is 11.4 Å². The molecule has 5 N–H and O–H groups in total. The molecule has 1 aliphatic rings. The number of rotatable bonds is 5. The first-order valence-electron chi connectivity index (χ1n) is 10.7. The normalized spacial score (nSPS) is 18.7. The Morgan fingerprint density at radius 2 is 1.68 bits per heavy atom. The van der Waals surface area contributed by atoms with Gasteiger partial charge >= 0.3 is 0 Å². The first-order valence-corrected chi connectivity index (χ1v) is 10.7. The van der Waals surface area contributed by atoms with Crippen molar-refractivity contribution >= 4 is 22.8 Å². The molecule has 7 heteroatoms. The number of nitrogens with zero attached hydrogens (tertiary/aromatic N) is 3. The average molecular weight is 415 g/mol. The van der Waals surface area contributed by atoms with Gasteiger partial charge in [-0.3, -0.25) is 0 Å². The van der Waals surface area contributed by atoms with Gasteiger partial charge in [-0.2, -0.15) is 0 Å². The number of nitrogens with two attached hydrogens (primary N) is 2. The van der Waals surface area contributed by atoms with Crippen LogP contribution in [0.25, 0.3) is 5.65 Å². The highest BCUT2D eigenvalue weighted by Crippen LogP contribution is 2.35. The van der Waals surface area contributed by atoms with Crippen molar-refractivity contribution in [1.82, 2.24) is 14.6 Å². The molecular formula is C24H26N6O. The summed E-state index contributed by atoms with van der Waals surface area (Å²) in [5, 5.41) is 7.89. The molecule has 0 bridgehead atoms. The van der Waals surface area contributed by atoms with E-state index in [1.807, 2.05) is 66.9 Å². The predicted octanol–water partition coefficient (Wildman–Crippen LogP) is 4.83. The Kier molecular flexibility index (Phi) is 5.18. The molecule has 0 atom stereocenters. The molecule has 1 fully saturated rings. The molecule has 4 aromatic rings. The zero-order valence-corrected chi connectivity index (χ0v) is 17.2. The van der Waals surface area contributed by atoms with Gasteiger partial charge in [0.25, 0.3) is 0 Å². The Morgan fingerprint density at radius 3 is 2.48 bits per heavy atom. The molecule has 0 aliphatic heterocycles. The van der Waals surface area contributed by atoms with Gasteiger partial charge in [0.2, 0.25) is 0 Å². The molecule has 2 aromatic heterocycles. The maximum Gasteiger partial charge on any atom is 0.177 e. The summed E-state index contributed by atoms with van der Waals surface area (Å²) < 4.78 is 7.85. The maximum absolute atomic E-state index is 6.10. The zero-order valence-electron chi connectivity index (χ0n) is 17.2. The number of aromatic nitrogens is 3. The van der Waals surface area contributed by atoms with Gasteiger partial charge in [-0.1, -0.05) is 30.3 Å². The van der Waals surface area contributed by atoms with Gasteiger partial charge in [-0.05, 0) is 49.9 Å². The topological polar surface area (TPSA) is 103 Å². The minimum absolute atomic E-state index is 0.306. The number of anilines is 3. The number of ether oxygens (including phenoxy) is 1. The van der Waals surface area contributed by atoms with Crippen molar-refractivity contribution in [2.75, 3.05) is 11.1 Å². The van der Waals surface area contributed by atoms with Crippen molar-refractivity contribution in [3.05, 3.63) is 72.6 Å². The number of para-hydroxylation sites is 3. The van der Waals surface area contributed by atoms with E-state index in [9.17, 15) is 0 Å². The summed E-state index contributed by atoms with van der Waals surface area (Å²) >= 11 is 0. The number of imidazole rings is 1. The SMILES string of the molecule is Nc1cc(Nc2ccccc2Oc2ccccc2)c2nc([C@H]3CC[C@H](N)CC3)cn2n1. The lowest BCUT2D eigenvalue weighted by Crippen LogP contribution is -2.25. The van der Waals surface area contributed by atoms with Gasteiger partial charge in [0, 0.05) is 18.0 Å². The van der Waals surface area contributed by atoms with Crippen LogP contribution in [0.4, 0.5) is 17.2 Å². The minimum Gasteiger partial charge on any atom is -0.455 e. The van der Waals surface area contributed by atoms with Crippen LogP contribution in [-0.4, -0.2) is 20.6 Å². The molecule has 158 valence electrons. The lowest BCUT2D eigenvalue weighted by molar-refractivity contribution is 0.391. The molecule has 0 spiro atoms. The third-order valence-electron chi connectivity index (χ3n) is 5.78. The average Bonchev–Trinajstić information content (AvgIpc) is 3.20. The van der Waals surface area contributed by atoms with Gasteiger partial charge in [0.05, 0.1) is 23.3 Å². The Bertz CT molecular complexity index is 1180. The van der Waals surface area contributed by atoms with Crippen LogP contribution in [0.1, 0.15) is 37.3 Å². The summed E-state index contributed by atoms with van der Waals surface area (Å²) in [4.78, 5) is 4.91. The van der Waals surface area contributed by atoms with Gasteiger partial charge in [-0.15, -0.1) is 5.10 Å². The number of benzene rings is 2. The molecule has 5 rings (SSSR count). The third-order valence-corrected chi connectivity index (χ3v) is 5.78. The second-order valence-electron chi connectivity index (χ2n) is 8.06. The third kappa shape index (κ3) is 4.18. The summed E-state index contributed by atoms with van der Waals surface area (Å²) in [7, 11) is 0. The van der Waals surface area contributed by atoms with Crippen molar-refractivity contribution in [1.29, 1.82) is 0 Å². The van der Waals surface area contributed by atoms with Crippen LogP contribution in [0.15, 0.2) is 66.9 Å². The predicted molar refractivity (Wildman–Crippen MR) is 123 cm³/mol. The summed E-state index contributed by atoms with van der Waals surface area (Å²) in [6.07, 6.45) is 6.16. The van der Waals surface area contributed by atoms with E-state index in [2.05, 4.69) is 10.4 Å². The fourth-order valence-electron chi connectivity index (χ4n) is 4.14. The number of hydrogen-bond donors (Lipinski definition) is 3. The smallest absolute Gasteiger partial charge is 0.177 e. The van der Waals surface area contributed by atoms with E-state index in [4.69, 9.17) is 21.2 Å². The van der Waals surface area contributed by atoms with E-state index in [0.717, 1.165) is 59.9 Å². The Labute approximate surface area is 181 Å². The van der Waals surface area contributed by atoms with Crippen LogP contribution in [-0.2, 0) is 0 Å². The standard InChI is InChI=1S/C24H26N6O/c25-17-12-10-16(11-13-17)21-15-30-24(28-21)20(14-23(26)29-30)27-19-8-4-5-9-22(19)31-18-6-2-1-3-7-18/h1-9,14-17,27H,10-13,25H2,(H2,26,29)/t16-,17-. The van der Waals surface area contributed by atoms with Gasteiger partial charge in [0.1, 0.15) is 11.6 Å². The maximum atomic E-state index is 6.10. The fraction of sp³-hybridized carbons (Fsp3) is 0.250. The highest BCUT2D eigenvalue weighted by molar-refractivity contribution is 5.78. The van der Waals surface area contributed by atoms with E-state index in [-0.39, 0.29) is 0 Å². The Hall–Kier alpha value is -3.58. The van der Waals surface area contributed by atoms with Crippen molar-refractivity contribution < 1.29 is 4.74 Å². The first-order chi connectivity index (χ1) is 15.2. The van der Waals surface area contributed by atoms with Crippen molar-refractivity contribution in [3.8, 4) is 11.5 Å². The second kappa shape index (κ2) is 8.28. The summed E-state index contributed by atoms with van der Waals surface area (Å²) in [5.41, 5.74) is 15.6. The van der Waals surface area contributed by atoms with Crippen LogP contribution < -0.4 is 21.5 Å². The highest BCUT2D eigenvalue weighted by atomic mass is 16.5. The molecule has 7 nitrogen and oxygen atoms in total. The summed E-state index contributed by atoms with van der Waals surface area (Å²) in [6, 6.07) is 19.6. The second-order valence-corrected chi connectivity index (χ2v) is 8.06. The monoisotopic (exact) mass is 414 g/mol. The van der Waals surface area contributed by atoms with Crippen molar-refractivity contribution in [2.24, 2.45) is 5.73 Å². The van der Waals surface area contributed by atoms with Crippen molar-refractivity contribution in [2.45, 2.75) is 37.6 Å². The molecule has 31 heavy (non-hydrogen) atoms. The quantitative estimate of drug-likeness (QED) is 0.432. The summed E-state index contributed by atoms with van der Waals surface area (Å²) in [6.45, 7) is 0. The van der Waals surface area contributed by atoms with Crippen molar-refractivity contribution in [3.63, 3.8) is 0 Å². The molecule has 2 aromatic carbocycles. The van der Waals surface area contributed by atoms with E-state index in [1.165, 1.54) is 0 Å². The largest absolute Gasteiger partial charge is 0.455 e. The lowest BCUT2D eigenvalue weighted by Gasteiger charge is -2.24. The van der Waals surface area contributed by atoms with Crippen LogP contribution in [0.5, 0.6) is 11.5 Å². The van der Waals surface area contributed by atoms with Gasteiger partial charge < -0.3 is 21.5 Å². The lowest BCUT2D eigenvalue weighted by atomic mass is 9.85. The Morgan fingerprint density at radius 1 is 0.935 bits per heavy atom. The number of nitrogen functional groups attached to an aromatic ring is 1. The number of nitrogens with one attached hydrogen (secondary N) is 1. The number of fused-ring (bicyclic) bond motifs is 1. The van der Waals surface area contributed by atoms with Gasteiger partial charge in [-0.25, -0.2) is 9.50 Å². The first kappa shape index (κ1) is 19.4. The van der Waals surface area contributed by atoms with E-state index < -0.39 is 0 Å². The molecule has 1 aliphatic carbocycles. The van der Waals surface area contributed by atoms with Crippen LogP contribution in [0.2, 0.25) is 0 Å². The zero-order chi connectivity index (χ0) is 21.2. The molecule has 1 saturated carbocycles. The minimum atomic E-state index is 0.306. The number of hydrogen-bond acceptors (Lipinski definition) is 6. The molecule has 2 heterocycles. The van der Waals surface area contributed by atoms with E-state index >= 15 is 0 Å². The molecule has 0 unspecified atom stereocenters. The van der Waals surface area contributed by atoms with Crippen LogP contribution in [0.3, 0.4) is 0 Å². The van der Waals surface area contributed by atoms with E-state index in [0.29, 0.717) is 17.8 Å². The molecule has 0 amide bonds. The van der Waals surface area contributed by atoms with E-state index in [1.54, 1.807) is 4.52 Å². The molecule has 0 radical (unpaired) electrons.